The third-order valence-corrected chi connectivity index (χ3v) is 15.4. The molecule has 0 radical (unpaired) electrons. The summed E-state index contributed by atoms with van der Waals surface area (Å²) < 4.78 is 66.5. The predicted molar refractivity (Wildman–Crippen MR) is 375 cm³/mol. The van der Waals surface area contributed by atoms with Crippen molar-refractivity contribution < 1.29 is 51.2 Å². The largest absolute Gasteiger partial charge is 0.453 e. The lowest BCUT2D eigenvalue weighted by Crippen LogP contribution is -2.20. The average molecular weight is 1340 g/mol. The second-order valence-corrected chi connectivity index (χ2v) is 24.7. The summed E-state index contributed by atoms with van der Waals surface area (Å²) >= 11 is 0. The van der Waals surface area contributed by atoms with Crippen LogP contribution in [0.15, 0.2) is 152 Å². The normalized spacial score (nSPS) is 11.5. The average Bonchev–Trinajstić information content (AvgIpc) is 1.65. The minimum atomic E-state index is -0.782. The molecule has 0 unspecified atom stereocenters. The highest BCUT2D eigenvalue weighted by molar-refractivity contribution is 6.52. The Labute approximate surface area is 568 Å². The molecule has 514 valence electrons. The first-order valence-corrected chi connectivity index (χ1v) is 32.0. The number of carbonyl (C=O) groups excluding carboxylic acids is 4. The lowest BCUT2D eigenvalue weighted by molar-refractivity contribution is -0.118. The van der Waals surface area contributed by atoms with E-state index in [0.717, 1.165) is 81.7 Å². The number of amides is 3. The van der Waals surface area contributed by atoms with Crippen molar-refractivity contribution in [1.29, 1.82) is 0 Å². The highest BCUT2D eigenvalue weighted by Gasteiger charge is 2.27. The van der Waals surface area contributed by atoms with Crippen molar-refractivity contribution in [2.45, 2.75) is 124 Å². The number of nitrogens with one attached hydrogen (secondary N) is 4. The number of nitrogen functional groups attached to an aromatic ring is 3. The van der Waals surface area contributed by atoms with Crippen LogP contribution < -0.4 is 38.4 Å². The van der Waals surface area contributed by atoms with Crippen LogP contribution in [0.25, 0.3) is 0 Å². The summed E-state index contributed by atoms with van der Waals surface area (Å²) in [6.07, 6.45) is 13.6. The molecule has 0 bridgehead atoms. The Kier molecular flexibility index (Phi) is 27.8. The molecule has 5 heterocycles. The maximum absolute atomic E-state index is 14.9. The predicted octanol–water partition coefficient (Wildman–Crippen LogP) is 12.9. The molecule has 1 aliphatic carbocycles. The highest BCUT2D eigenvalue weighted by atomic mass is 19.1. The number of anilines is 7. The fraction of sp³-hybridized carbons (Fsp3) is 0.301. The molecule has 3 amide bonds. The standard InChI is InChI=1S/C29H35FN4O3.C15H16FN3O2.C15H16FN3O.C14H17BFN3O/c1-29(2,3)26-17-23(34(33-26)18-21-7-8-21)16-24(35)15-22-10-9-19(13-25(22)30)5-6-20-11-12-31-27(14-20)32-28(36)37-4;1-21-15(20)19-14-9-11(6-7-18-14)3-2-10-4-5-13(17)12(16)8-10;1-10(20)19-15-9-12(6-7-18-15)3-2-11-4-5-14(17)13(16)8-11;1-15(20)19-13-5-4-10(8-12(13)16)2-3-11-6-7-18-14(17)9-11/h9-14,17,21H,5-8,15-16,18H2,1-4H3,(H,31,32,36);4-9H,2-3,17H2,1H3,(H,18,19,20);4-9H,2-3,17H2,1H3,(H,18,19,20);4-9,19-20H,2-3H2,1H3,(H2,17,18). The van der Waals surface area contributed by atoms with Crippen LogP contribution in [-0.2, 0) is 95.2 Å². The fourth-order valence-corrected chi connectivity index (χ4v) is 9.93. The molecule has 11 N–H and O–H groups in total. The van der Waals surface area contributed by atoms with E-state index in [4.69, 9.17) is 22.3 Å². The molecular weight excluding hydrogens is 1260 g/mol. The fourth-order valence-electron chi connectivity index (χ4n) is 9.93. The first kappa shape index (κ1) is 74.7. The SMILES string of the molecule is CB(O)Nc1ccc(CCc2ccnc(N)c2)cc1F.CC(=O)Nc1cc(CCc2ccc(N)c(F)c2)ccn1.COC(=O)Nc1cc(CCc2ccc(CC(=O)Cc3cc(C(C)(C)C)nn3CC3CC3)c(F)c2)ccn1.COC(=O)Nc1cc(CCc2ccc(N)c(F)c2)ccn1. The molecule has 98 heavy (non-hydrogen) atoms. The van der Waals surface area contributed by atoms with Gasteiger partial charge in [-0.15, -0.1) is 0 Å². The van der Waals surface area contributed by atoms with Crippen LogP contribution >= 0.6 is 0 Å². The summed E-state index contributed by atoms with van der Waals surface area (Å²) in [5.41, 5.74) is 26.8. The summed E-state index contributed by atoms with van der Waals surface area (Å²) in [7, 11) is 1.79. The second kappa shape index (κ2) is 36.4. The molecule has 4 aromatic carbocycles. The Hall–Kier alpha value is -10.7. The number of ketones is 1. The van der Waals surface area contributed by atoms with Crippen LogP contribution in [0.2, 0.25) is 6.82 Å². The number of methoxy groups -OCH3 is 2. The van der Waals surface area contributed by atoms with Crippen molar-refractivity contribution in [2.24, 2.45) is 5.92 Å². The third kappa shape index (κ3) is 25.5. The van der Waals surface area contributed by atoms with Gasteiger partial charge in [0.25, 0.3) is 0 Å². The number of ether oxygens (including phenoxy) is 2. The van der Waals surface area contributed by atoms with Crippen LogP contribution in [0.3, 0.4) is 0 Å². The van der Waals surface area contributed by atoms with E-state index in [2.05, 4.69) is 71.4 Å². The highest BCUT2D eigenvalue weighted by Crippen LogP contribution is 2.32. The van der Waals surface area contributed by atoms with Gasteiger partial charge in [-0.05, 0) is 224 Å². The molecule has 5 aromatic heterocycles. The molecule has 1 saturated carbocycles. The van der Waals surface area contributed by atoms with E-state index in [1.54, 1.807) is 74.1 Å². The maximum atomic E-state index is 14.9. The van der Waals surface area contributed by atoms with E-state index < -0.39 is 30.9 Å². The van der Waals surface area contributed by atoms with Gasteiger partial charge in [-0.25, -0.2) is 47.1 Å². The van der Waals surface area contributed by atoms with Gasteiger partial charge in [0.05, 0.1) is 37.0 Å². The van der Waals surface area contributed by atoms with Crippen LogP contribution in [-0.4, -0.2) is 79.9 Å². The van der Waals surface area contributed by atoms with Gasteiger partial charge in [0.2, 0.25) is 5.91 Å². The van der Waals surface area contributed by atoms with Crippen molar-refractivity contribution in [1.82, 2.24) is 29.7 Å². The molecular formula is C73H84BF4N13O7. The number of nitrogens with two attached hydrogens (primary N) is 3. The molecule has 0 atom stereocenters. The van der Waals surface area contributed by atoms with Crippen molar-refractivity contribution in [3.63, 3.8) is 0 Å². The summed E-state index contributed by atoms with van der Waals surface area (Å²) in [5.74, 6) is 0.777. The van der Waals surface area contributed by atoms with Gasteiger partial charge < -0.3 is 42.2 Å². The molecule has 1 fully saturated rings. The molecule has 9 aromatic rings. The number of halogens is 4. The van der Waals surface area contributed by atoms with E-state index in [9.17, 15) is 41.8 Å². The van der Waals surface area contributed by atoms with Gasteiger partial charge in [0.15, 0.2) is 0 Å². The quantitative estimate of drug-likeness (QED) is 0.0168. The first-order chi connectivity index (χ1) is 46.8. The lowest BCUT2D eigenvalue weighted by Gasteiger charge is -2.14. The molecule has 20 nitrogen and oxygen atoms in total. The number of pyridine rings is 4. The number of hydrogen-bond acceptors (Lipinski definition) is 16. The van der Waals surface area contributed by atoms with Crippen LogP contribution in [0.1, 0.15) is 102 Å². The van der Waals surface area contributed by atoms with Crippen molar-refractivity contribution >= 4 is 71.3 Å². The summed E-state index contributed by atoms with van der Waals surface area (Å²) in [4.78, 5) is 62.5. The van der Waals surface area contributed by atoms with E-state index in [1.165, 1.54) is 58.3 Å². The van der Waals surface area contributed by atoms with Crippen molar-refractivity contribution in [3.05, 3.63) is 237 Å². The summed E-state index contributed by atoms with van der Waals surface area (Å²) in [6, 6.07) is 36.3. The van der Waals surface area contributed by atoms with Crippen molar-refractivity contribution in [2.75, 3.05) is 52.6 Å². The Balaban J connectivity index is 0.000000192. The van der Waals surface area contributed by atoms with Crippen molar-refractivity contribution in [3.8, 4) is 0 Å². The van der Waals surface area contributed by atoms with Gasteiger partial charge in [0.1, 0.15) is 52.3 Å². The maximum Gasteiger partial charge on any atom is 0.412 e. The molecule has 1 aliphatic rings. The van der Waals surface area contributed by atoms with Crippen LogP contribution in [0.4, 0.5) is 67.5 Å². The molecule has 0 saturated heterocycles. The number of rotatable bonds is 23. The van der Waals surface area contributed by atoms with Gasteiger partial charge in [0, 0.05) is 62.2 Å². The Morgan fingerprint density at radius 3 is 1.35 bits per heavy atom. The minimum absolute atomic E-state index is 0.0218. The van der Waals surface area contributed by atoms with E-state index >= 15 is 0 Å². The van der Waals surface area contributed by atoms with Crippen LogP contribution in [0, 0.1) is 29.2 Å². The molecule has 25 heteroatoms. The van der Waals surface area contributed by atoms with Gasteiger partial charge in [-0.2, -0.15) is 5.10 Å². The monoisotopic (exact) mass is 1340 g/mol. The zero-order valence-corrected chi connectivity index (χ0v) is 56.1. The van der Waals surface area contributed by atoms with E-state index in [-0.39, 0.29) is 53.0 Å². The Morgan fingerprint density at radius 2 is 0.949 bits per heavy atom. The smallest absolute Gasteiger partial charge is 0.412 e. The molecule has 0 spiro atoms. The second-order valence-electron chi connectivity index (χ2n) is 24.7. The summed E-state index contributed by atoms with van der Waals surface area (Å²) in [5, 5.41) is 24.3. The zero-order valence-electron chi connectivity index (χ0n) is 56.1. The Bertz CT molecular complexity index is 4170. The lowest BCUT2D eigenvalue weighted by atomic mass is 9.88. The minimum Gasteiger partial charge on any atom is -0.453 e. The van der Waals surface area contributed by atoms with E-state index in [1.807, 2.05) is 65.3 Å². The summed E-state index contributed by atoms with van der Waals surface area (Å²) in [6.45, 7) is 10.2. The zero-order chi connectivity index (χ0) is 70.9. The number of aromatic nitrogens is 6. The number of Topliss-reactive ketones (excluding diaryl/α,β-unsaturated/α-hetero) is 1. The Morgan fingerprint density at radius 1 is 0.541 bits per heavy atom. The number of hydrogen-bond donors (Lipinski definition) is 8. The number of benzene rings is 4. The molecule has 10 rings (SSSR count). The number of carbonyl (C=O) groups is 4. The van der Waals surface area contributed by atoms with Gasteiger partial charge in [-0.3, -0.25) is 24.9 Å². The topological polar surface area (TPSA) is 303 Å². The first-order valence-electron chi connectivity index (χ1n) is 32.0. The van der Waals surface area contributed by atoms with Crippen LogP contribution in [0.5, 0.6) is 0 Å². The van der Waals surface area contributed by atoms with Gasteiger partial charge >= 0.3 is 19.2 Å². The third-order valence-electron chi connectivity index (χ3n) is 15.4. The van der Waals surface area contributed by atoms with E-state index in [0.29, 0.717) is 72.5 Å². The van der Waals surface area contributed by atoms with Gasteiger partial charge in [-0.1, -0.05) is 51.1 Å². The number of aryl methyl sites for hydroxylation is 8. The molecule has 0 aliphatic heterocycles. The number of nitrogens with zero attached hydrogens (tertiary/aromatic N) is 6.